The van der Waals surface area contributed by atoms with Gasteiger partial charge < -0.3 is 11.7 Å². The van der Waals surface area contributed by atoms with Crippen LogP contribution in [0.25, 0.3) is 0 Å². The zero-order valence-corrected chi connectivity index (χ0v) is 16.7. The van der Waals surface area contributed by atoms with Crippen LogP contribution in [0.2, 0.25) is 0 Å². The Bertz CT molecular complexity index is 743. The number of nitrogens with two attached hydrogens (primary N) is 2. The molecule has 6 N–H and O–H groups in total. The van der Waals surface area contributed by atoms with Gasteiger partial charge in [-0.3, -0.25) is 0 Å². The molecule has 0 aliphatic rings. The summed E-state index contributed by atoms with van der Waals surface area (Å²) in [5.74, 6) is 12.0. The van der Waals surface area contributed by atoms with Gasteiger partial charge in [0.15, 0.2) is 0 Å². The van der Waals surface area contributed by atoms with Crippen molar-refractivity contribution < 1.29 is 0 Å². The van der Waals surface area contributed by atoms with Crippen LogP contribution in [0.1, 0.15) is 17.0 Å². The summed E-state index contributed by atoms with van der Waals surface area (Å²) in [5.41, 5.74) is 16.7. The van der Waals surface area contributed by atoms with E-state index in [4.69, 9.17) is 22.7 Å². The summed E-state index contributed by atoms with van der Waals surface area (Å²) in [5, 5.41) is 14.2. The van der Waals surface area contributed by atoms with Gasteiger partial charge >= 0.3 is 0 Å². The normalized spacial score (nSPS) is 13.3. The number of hydrazone groups is 2. The SMILES string of the molecule is N=NC(=NN)SCC(CSC(N=N)=NN)C(c1ccccc1)c1ccccc1. The van der Waals surface area contributed by atoms with Gasteiger partial charge in [0.05, 0.1) is 0 Å². The van der Waals surface area contributed by atoms with Crippen molar-refractivity contribution in [3.05, 3.63) is 71.8 Å². The lowest BCUT2D eigenvalue weighted by Gasteiger charge is -2.27. The molecule has 10 heteroatoms. The molecule has 8 nitrogen and oxygen atoms in total. The third-order valence-corrected chi connectivity index (χ3v) is 6.15. The summed E-state index contributed by atoms with van der Waals surface area (Å²) < 4.78 is 0. The molecule has 0 saturated carbocycles. The molecule has 0 unspecified atom stereocenters. The highest BCUT2D eigenvalue weighted by atomic mass is 32.2. The summed E-state index contributed by atoms with van der Waals surface area (Å²) in [4.78, 5) is 0. The maximum Gasteiger partial charge on any atom is 0.226 e. The van der Waals surface area contributed by atoms with E-state index in [-0.39, 0.29) is 22.2 Å². The van der Waals surface area contributed by atoms with Crippen molar-refractivity contribution >= 4 is 33.9 Å². The first-order valence-electron chi connectivity index (χ1n) is 8.39. The molecule has 0 amide bonds. The van der Waals surface area contributed by atoms with Gasteiger partial charge in [-0.05, 0) is 17.0 Å². The highest BCUT2D eigenvalue weighted by Gasteiger charge is 2.26. The number of hydrogen-bond acceptors (Lipinski definition) is 8. The van der Waals surface area contributed by atoms with Gasteiger partial charge in [0.2, 0.25) is 10.3 Å². The molecular weight excluding hydrogens is 392 g/mol. The van der Waals surface area contributed by atoms with Crippen molar-refractivity contribution in [2.24, 2.45) is 38.0 Å². The van der Waals surface area contributed by atoms with Gasteiger partial charge in [0, 0.05) is 17.4 Å². The zero-order chi connectivity index (χ0) is 20.2. The molecule has 0 atom stereocenters. The molecule has 0 saturated heterocycles. The van der Waals surface area contributed by atoms with Crippen molar-refractivity contribution in [1.29, 1.82) is 11.1 Å². The van der Waals surface area contributed by atoms with E-state index in [1.807, 2.05) is 36.4 Å². The van der Waals surface area contributed by atoms with Gasteiger partial charge in [0.1, 0.15) is 0 Å². The molecule has 0 aromatic heterocycles. The molecule has 28 heavy (non-hydrogen) atoms. The van der Waals surface area contributed by atoms with E-state index >= 15 is 0 Å². The number of thioether (sulfide) groups is 2. The zero-order valence-electron chi connectivity index (χ0n) is 15.1. The molecule has 0 radical (unpaired) electrons. The second kappa shape index (κ2) is 11.9. The monoisotopic (exact) mass is 414 g/mol. The highest BCUT2D eigenvalue weighted by molar-refractivity contribution is 8.14. The van der Waals surface area contributed by atoms with Gasteiger partial charge in [-0.1, -0.05) is 84.2 Å². The molecule has 2 aromatic rings. The molecule has 2 rings (SSSR count). The van der Waals surface area contributed by atoms with Gasteiger partial charge in [0.25, 0.3) is 0 Å². The predicted molar refractivity (Wildman–Crippen MR) is 117 cm³/mol. The second-order valence-electron chi connectivity index (χ2n) is 5.73. The van der Waals surface area contributed by atoms with Crippen molar-refractivity contribution in [1.82, 2.24) is 0 Å². The maximum absolute atomic E-state index is 7.18. The summed E-state index contributed by atoms with van der Waals surface area (Å²) in [6.45, 7) is 0. The third-order valence-electron chi connectivity index (χ3n) is 4.05. The average molecular weight is 415 g/mol. The lowest BCUT2D eigenvalue weighted by atomic mass is 9.82. The van der Waals surface area contributed by atoms with E-state index in [1.165, 1.54) is 34.7 Å². The van der Waals surface area contributed by atoms with E-state index in [2.05, 4.69) is 44.7 Å². The number of benzene rings is 2. The Hall–Kier alpha value is -2.72. The summed E-state index contributed by atoms with van der Waals surface area (Å²) in [6.07, 6.45) is 0. The molecule has 0 heterocycles. The van der Waals surface area contributed by atoms with Gasteiger partial charge in [-0.25, -0.2) is 11.1 Å². The van der Waals surface area contributed by atoms with Crippen LogP contribution in [-0.4, -0.2) is 21.8 Å². The van der Waals surface area contributed by atoms with Crippen LogP contribution in [0, 0.1) is 17.0 Å². The van der Waals surface area contributed by atoms with Crippen LogP contribution in [0.5, 0.6) is 0 Å². The van der Waals surface area contributed by atoms with Crippen molar-refractivity contribution in [3.63, 3.8) is 0 Å². The smallest absolute Gasteiger partial charge is 0.226 e. The Morgan fingerprint density at radius 1 is 0.750 bits per heavy atom. The van der Waals surface area contributed by atoms with E-state index in [9.17, 15) is 0 Å². The molecule has 0 spiro atoms. The Morgan fingerprint density at radius 2 is 1.14 bits per heavy atom. The number of amidine groups is 2. The second-order valence-corrected chi connectivity index (χ2v) is 7.70. The van der Waals surface area contributed by atoms with Gasteiger partial charge in [-0.15, -0.1) is 10.2 Å². The fraction of sp³-hybridized carbons (Fsp3) is 0.222. The lowest BCUT2D eigenvalue weighted by Crippen LogP contribution is -2.21. The minimum Gasteiger partial charge on any atom is -0.321 e. The van der Waals surface area contributed by atoms with Crippen LogP contribution in [-0.2, 0) is 0 Å². The highest BCUT2D eigenvalue weighted by Crippen LogP contribution is 2.36. The largest absolute Gasteiger partial charge is 0.321 e. The minimum absolute atomic E-state index is 0.0805. The fourth-order valence-corrected chi connectivity index (χ4v) is 4.63. The summed E-state index contributed by atoms with van der Waals surface area (Å²) in [6, 6.07) is 20.4. The molecule has 146 valence electrons. The molecule has 2 aromatic carbocycles. The summed E-state index contributed by atoms with van der Waals surface area (Å²) in [7, 11) is 0. The number of hydrogen-bond donors (Lipinski definition) is 4. The fourth-order valence-electron chi connectivity index (χ4n) is 2.86. The lowest BCUT2D eigenvalue weighted by molar-refractivity contribution is 0.584. The summed E-state index contributed by atoms with van der Waals surface area (Å²) >= 11 is 2.65. The quantitative estimate of drug-likeness (QED) is 0.174. The topological polar surface area (TPSA) is 149 Å². The van der Waals surface area contributed by atoms with Gasteiger partial charge in [-0.2, -0.15) is 10.2 Å². The van der Waals surface area contributed by atoms with Crippen LogP contribution < -0.4 is 11.7 Å². The molecule has 0 aliphatic carbocycles. The van der Waals surface area contributed by atoms with Crippen molar-refractivity contribution in [2.45, 2.75) is 5.92 Å². The van der Waals surface area contributed by atoms with Crippen LogP contribution in [0.15, 0.2) is 81.1 Å². The maximum atomic E-state index is 7.18. The average Bonchev–Trinajstić information content (AvgIpc) is 2.76. The molecule has 0 fully saturated rings. The van der Waals surface area contributed by atoms with Crippen molar-refractivity contribution in [3.8, 4) is 0 Å². The van der Waals surface area contributed by atoms with E-state index in [1.54, 1.807) is 0 Å². The van der Waals surface area contributed by atoms with Crippen molar-refractivity contribution in [2.75, 3.05) is 11.5 Å². The first kappa shape index (κ1) is 21.6. The van der Waals surface area contributed by atoms with Crippen LogP contribution in [0.4, 0.5) is 0 Å². The Morgan fingerprint density at radius 3 is 1.46 bits per heavy atom. The van der Waals surface area contributed by atoms with Crippen LogP contribution >= 0.6 is 23.5 Å². The van der Waals surface area contributed by atoms with Crippen LogP contribution in [0.3, 0.4) is 0 Å². The third kappa shape index (κ3) is 6.17. The van der Waals surface area contributed by atoms with E-state index in [0.29, 0.717) is 11.5 Å². The Labute approximate surface area is 172 Å². The molecule has 0 aliphatic heterocycles. The first-order chi connectivity index (χ1) is 13.7. The number of nitrogens with zero attached hydrogens (tertiary/aromatic N) is 4. The number of nitrogens with one attached hydrogen (secondary N) is 2. The Kier molecular flexibility index (Phi) is 9.16. The van der Waals surface area contributed by atoms with E-state index in [0.717, 1.165) is 0 Å². The first-order valence-corrected chi connectivity index (χ1v) is 10.4. The molecular formula is C18H22N8S2. The molecule has 0 bridgehead atoms. The predicted octanol–water partition coefficient (Wildman–Crippen LogP) is 4.42. The Balaban J connectivity index is 2.38. The number of rotatable bonds is 7. The standard InChI is InChI=1S/C18H22N8S2/c19-23-17(24-20)27-11-15(12-28-18(25-21)26-22)16(13-7-3-1-4-8-13)14-9-5-2-6-10-14/h1-10,15-16,19,21H,11-12,20,22H2. The minimum atomic E-state index is 0.0805. The van der Waals surface area contributed by atoms with E-state index < -0.39 is 0 Å².